The maximum absolute atomic E-state index is 13.9. The first kappa shape index (κ1) is 28.8. The second-order valence-electron chi connectivity index (χ2n) is 10.8. The topological polar surface area (TPSA) is 113 Å². The van der Waals surface area contributed by atoms with Crippen LogP contribution in [0.4, 0.5) is 9.52 Å². The van der Waals surface area contributed by atoms with E-state index in [0.29, 0.717) is 34.3 Å². The average Bonchev–Trinajstić information content (AvgIpc) is 3.40. The van der Waals surface area contributed by atoms with Crippen molar-refractivity contribution in [2.24, 2.45) is 16.9 Å². The Bertz CT molecular complexity index is 2030. The van der Waals surface area contributed by atoms with Gasteiger partial charge in [0, 0.05) is 18.7 Å². The first-order valence-corrected chi connectivity index (χ1v) is 15.9. The van der Waals surface area contributed by atoms with Crippen LogP contribution < -0.4 is 10.4 Å². The Kier molecular flexibility index (Phi) is 7.67. The summed E-state index contributed by atoms with van der Waals surface area (Å²) in [6.45, 7) is 4.95. The van der Waals surface area contributed by atoms with E-state index in [-0.39, 0.29) is 38.4 Å². The number of sulfonamides is 1. The zero-order valence-electron chi connectivity index (χ0n) is 23.3. The number of hydrogen-bond donors (Lipinski definition) is 0. The highest BCUT2D eigenvalue weighted by molar-refractivity contribution is 7.89. The van der Waals surface area contributed by atoms with Crippen molar-refractivity contribution in [2.45, 2.75) is 25.2 Å². The first-order chi connectivity index (χ1) is 20.6. The summed E-state index contributed by atoms with van der Waals surface area (Å²) in [5, 5.41) is 5.82. The highest BCUT2D eigenvalue weighted by atomic mass is 32.2. The van der Waals surface area contributed by atoms with Crippen LogP contribution in [0, 0.1) is 17.7 Å². The molecule has 0 bridgehead atoms. The van der Waals surface area contributed by atoms with Crippen molar-refractivity contribution in [2.75, 3.05) is 18.1 Å². The van der Waals surface area contributed by atoms with E-state index in [2.05, 4.69) is 10.1 Å². The van der Waals surface area contributed by atoms with Crippen LogP contribution in [0.2, 0.25) is 0 Å². The molecular formula is C31H27FN4O5S2. The Morgan fingerprint density at radius 1 is 1.09 bits per heavy atom. The summed E-state index contributed by atoms with van der Waals surface area (Å²) >= 11 is 1.05. The van der Waals surface area contributed by atoms with Gasteiger partial charge in [-0.15, -0.1) is 0 Å². The molecule has 2 unspecified atom stereocenters. The number of carbonyl (C=O) groups is 1. The molecule has 0 saturated carbocycles. The second-order valence-corrected chi connectivity index (χ2v) is 13.7. The number of carbonyl (C=O) groups excluding carboxylic acids is 1. The van der Waals surface area contributed by atoms with Gasteiger partial charge in [-0.25, -0.2) is 17.8 Å². The van der Waals surface area contributed by atoms with E-state index in [0.717, 1.165) is 22.8 Å². The zero-order valence-corrected chi connectivity index (χ0v) is 24.9. The standard InChI is InChI=1S/C31H27FN4O5S2/c1-19-13-20(2)17-35(16-19)43(39,40)24-10-7-21(8-11-24)30(38)36(31-34-26-12-9-23(32)14-28(26)42-31)33-15-22-18-41-27-6-4-3-5-25(27)29(22)37/h3-12,14-15,18-20H,13,16-17H2,1-2H3/b33-15+. The van der Waals surface area contributed by atoms with E-state index < -0.39 is 21.7 Å². The van der Waals surface area contributed by atoms with Crippen molar-refractivity contribution in [3.63, 3.8) is 0 Å². The van der Waals surface area contributed by atoms with Crippen LogP contribution >= 0.6 is 11.3 Å². The van der Waals surface area contributed by atoms with Crippen molar-refractivity contribution < 1.29 is 22.0 Å². The predicted molar refractivity (Wildman–Crippen MR) is 165 cm³/mol. The fraction of sp³-hybridized carbons (Fsp3) is 0.226. The molecule has 2 atom stereocenters. The minimum atomic E-state index is -3.75. The van der Waals surface area contributed by atoms with Crippen LogP contribution in [-0.4, -0.2) is 42.9 Å². The lowest BCUT2D eigenvalue weighted by molar-refractivity contribution is 0.0987. The van der Waals surface area contributed by atoms with Crippen molar-refractivity contribution in [1.29, 1.82) is 0 Å². The van der Waals surface area contributed by atoms with Gasteiger partial charge in [0.25, 0.3) is 5.91 Å². The van der Waals surface area contributed by atoms with Crippen molar-refractivity contribution in [3.8, 4) is 0 Å². The maximum Gasteiger partial charge on any atom is 0.280 e. The Morgan fingerprint density at radius 3 is 2.56 bits per heavy atom. The van der Waals surface area contributed by atoms with Gasteiger partial charge in [0.15, 0.2) is 0 Å². The number of thiazole rings is 1. The van der Waals surface area contributed by atoms with Gasteiger partial charge in [-0.3, -0.25) is 9.59 Å². The number of amides is 1. The van der Waals surface area contributed by atoms with Crippen LogP contribution in [0.25, 0.3) is 21.2 Å². The highest BCUT2D eigenvalue weighted by Crippen LogP contribution is 2.31. The Balaban J connectivity index is 1.35. The molecule has 0 radical (unpaired) electrons. The molecule has 9 nitrogen and oxygen atoms in total. The molecule has 43 heavy (non-hydrogen) atoms. The maximum atomic E-state index is 13.9. The number of nitrogens with zero attached hydrogens (tertiary/aromatic N) is 4. The molecule has 3 aromatic carbocycles. The molecule has 0 spiro atoms. The quantitative estimate of drug-likeness (QED) is 0.173. The molecule has 220 valence electrons. The summed E-state index contributed by atoms with van der Waals surface area (Å²) < 4.78 is 48.2. The van der Waals surface area contributed by atoms with Crippen molar-refractivity contribution in [1.82, 2.24) is 9.29 Å². The van der Waals surface area contributed by atoms with E-state index in [1.54, 1.807) is 24.3 Å². The number of fused-ring (bicyclic) bond motifs is 2. The molecule has 1 aliphatic rings. The summed E-state index contributed by atoms with van der Waals surface area (Å²) in [5.74, 6) is -0.575. The van der Waals surface area contributed by atoms with Crippen LogP contribution in [0.3, 0.4) is 0 Å². The number of piperidine rings is 1. The number of rotatable bonds is 6. The number of hydrazone groups is 1. The molecular weight excluding hydrogens is 591 g/mol. The van der Waals surface area contributed by atoms with E-state index in [9.17, 15) is 22.4 Å². The number of halogens is 1. The number of anilines is 1. The zero-order chi connectivity index (χ0) is 30.3. The summed E-state index contributed by atoms with van der Waals surface area (Å²) in [7, 11) is -3.75. The van der Waals surface area contributed by atoms with E-state index in [4.69, 9.17) is 4.42 Å². The van der Waals surface area contributed by atoms with Gasteiger partial charge >= 0.3 is 0 Å². The van der Waals surface area contributed by atoms with Gasteiger partial charge in [-0.1, -0.05) is 37.3 Å². The lowest BCUT2D eigenvalue weighted by Crippen LogP contribution is -2.42. The number of hydrogen-bond acceptors (Lipinski definition) is 8. The summed E-state index contributed by atoms with van der Waals surface area (Å²) in [6, 6.07) is 16.5. The molecule has 1 aliphatic heterocycles. The summed E-state index contributed by atoms with van der Waals surface area (Å²) in [5.41, 5.74) is 0.795. The van der Waals surface area contributed by atoms with Crippen LogP contribution in [0.1, 0.15) is 36.2 Å². The SMILES string of the molecule is CC1CC(C)CN(S(=O)(=O)c2ccc(C(=O)N(/N=C/c3coc4ccccc4c3=O)c3nc4ccc(F)cc4s3)cc2)C1. The minimum Gasteiger partial charge on any atom is -0.463 e. The van der Waals surface area contributed by atoms with Gasteiger partial charge in [-0.2, -0.15) is 14.4 Å². The van der Waals surface area contributed by atoms with Crippen LogP contribution in [-0.2, 0) is 10.0 Å². The van der Waals surface area contributed by atoms with E-state index in [1.165, 1.54) is 59.2 Å². The molecule has 12 heteroatoms. The molecule has 5 aromatic rings. The Morgan fingerprint density at radius 2 is 1.81 bits per heavy atom. The molecule has 3 heterocycles. The predicted octanol–water partition coefficient (Wildman–Crippen LogP) is 5.89. The van der Waals surface area contributed by atoms with E-state index >= 15 is 0 Å². The number of benzene rings is 3. The molecule has 2 aromatic heterocycles. The molecule has 1 fully saturated rings. The number of para-hydroxylation sites is 1. The third-order valence-corrected chi connectivity index (χ3v) is 10.1. The molecule has 0 aliphatic carbocycles. The van der Waals surface area contributed by atoms with Gasteiger partial charge in [-0.05, 0) is 72.9 Å². The van der Waals surface area contributed by atoms with Gasteiger partial charge in [0.05, 0.1) is 32.3 Å². The normalized spacial score (nSPS) is 18.0. The average molecular weight is 619 g/mol. The Hall–Kier alpha value is -4.26. The molecule has 1 saturated heterocycles. The molecule has 1 amide bonds. The monoisotopic (exact) mass is 618 g/mol. The van der Waals surface area contributed by atoms with Crippen molar-refractivity contribution >= 4 is 59.8 Å². The summed E-state index contributed by atoms with van der Waals surface area (Å²) in [4.78, 5) is 31.4. The van der Waals surface area contributed by atoms with Gasteiger partial charge < -0.3 is 4.42 Å². The highest BCUT2D eigenvalue weighted by Gasteiger charge is 2.32. The van der Waals surface area contributed by atoms with Gasteiger partial charge in [0.1, 0.15) is 17.7 Å². The van der Waals surface area contributed by atoms with Crippen LogP contribution in [0.5, 0.6) is 0 Å². The lowest BCUT2D eigenvalue weighted by atomic mass is 9.94. The van der Waals surface area contributed by atoms with Crippen molar-refractivity contribution in [3.05, 3.63) is 100 Å². The Labute approximate surface area is 250 Å². The fourth-order valence-electron chi connectivity index (χ4n) is 5.31. The third kappa shape index (κ3) is 5.73. The lowest BCUT2D eigenvalue weighted by Gasteiger charge is -2.34. The minimum absolute atomic E-state index is 0.0876. The largest absolute Gasteiger partial charge is 0.463 e. The van der Waals surface area contributed by atoms with Crippen LogP contribution in [0.15, 0.2) is 92.2 Å². The molecule has 0 N–H and O–H groups in total. The van der Waals surface area contributed by atoms with Gasteiger partial charge in [0.2, 0.25) is 20.6 Å². The second kappa shape index (κ2) is 11.4. The van der Waals surface area contributed by atoms with E-state index in [1.807, 2.05) is 13.8 Å². The third-order valence-electron chi connectivity index (χ3n) is 7.31. The smallest absolute Gasteiger partial charge is 0.280 e. The number of aromatic nitrogens is 1. The summed E-state index contributed by atoms with van der Waals surface area (Å²) in [6.07, 6.45) is 3.43. The fourth-order valence-corrected chi connectivity index (χ4v) is 7.94. The molecule has 6 rings (SSSR count). The first-order valence-electron chi connectivity index (χ1n) is 13.7.